The SMILES string of the molecule is CCNC(=O)CC[C@@H](COC(c1ccccc1)(c1ccccc1)c1ccccc1)NC. The van der Waals surface area contributed by atoms with Crippen LogP contribution >= 0.6 is 0 Å². The Bertz CT molecular complexity index is 817. The number of likely N-dealkylation sites (N-methyl/N-ethyl adjacent to an activating group) is 1. The van der Waals surface area contributed by atoms with Gasteiger partial charge in [0.2, 0.25) is 5.91 Å². The molecule has 0 aliphatic carbocycles. The summed E-state index contributed by atoms with van der Waals surface area (Å²) in [6.45, 7) is 3.05. The molecule has 0 aliphatic rings. The number of rotatable bonds is 11. The fourth-order valence-corrected chi connectivity index (χ4v) is 3.90. The van der Waals surface area contributed by atoms with Crippen molar-refractivity contribution in [2.45, 2.75) is 31.4 Å². The van der Waals surface area contributed by atoms with E-state index in [1.165, 1.54) is 0 Å². The molecule has 0 unspecified atom stereocenters. The summed E-state index contributed by atoms with van der Waals surface area (Å²) in [6.07, 6.45) is 1.18. The lowest BCUT2D eigenvalue weighted by Gasteiger charge is -2.37. The standard InChI is InChI=1S/C27H32N2O2/c1-3-29-26(30)20-19-25(28-2)21-31-27(22-13-7-4-8-14-22,23-15-9-5-10-16-23)24-17-11-6-12-18-24/h4-18,25,28H,3,19-21H2,1-2H3,(H,29,30)/t25-/m0/s1. The minimum Gasteiger partial charge on any atom is -0.359 e. The van der Waals surface area contributed by atoms with Gasteiger partial charge in [-0.2, -0.15) is 0 Å². The third kappa shape index (κ3) is 5.60. The molecule has 1 atom stereocenters. The number of benzene rings is 3. The smallest absolute Gasteiger partial charge is 0.220 e. The summed E-state index contributed by atoms with van der Waals surface area (Å²) in [5.41, 5.74) is 2.48. The number of nitrogens with one attached hydrogen (secondary N) is 2. The number of hydrogen-bond donors (Lipinski definition) is 2. The lowest BCUT2D eigenvalue weighted by Crippen LogP contribution is -2.39. The van der Waals surface area contributed by atoms with Gasteiger partial charge in [0.25, 0.3) is 0 Å². The Kier molecular flexibility index (Phi) is 8.39. The summed E-state index contributed by atoms with van der Waals surface area (Å²) in [5.74, 6) is 0.0724. The molecule has 0 saturated carbocycles. The van der Waals surface area contributed by atoms with Gasteiger partial charge < -0.3 is 15.4 Å². The van der Waals surface area contributed by atoms with Gasteiger partial charge in [-0.25, -0.2) is 0 Å². The number of ether oxygens (including phenoxy) is 1. The Labute approximate surface area is 185 Å². The van der Waals surface area contributed by atoms with Gasteiger partial charge in [-0.05, 0) is 37.1 Å². The average Bonchev–Trinajstić information content (AvgIpc) is 2.83. The molecule has 4 heteroatoms. The number of amides is 1. The second kappa shape index (κ2) is 11.4. The Hall–Kier alpha value is -2.95. The maximum Gasteiger partial charge on any atom is 0.220 e. The van der Waals surface area contributed by atoms with Gasteiger partial charge in [0.05, 0.1) is 6.61 Å². The van der Waals surface area contributed by atoms with E-state index in [-0.39, 0.29) is 11.9 Å². The molecule has 162 valence electrons. The molecule has 0 radical (unpaired) electrons. The van der Waals surface area contributed by atoms with Crippen molar-refractivity contribution < 1.29 is 9.53 Å². The van der Waals surface area contributed by atoms with Crippen LogP contribution in [0, 0.1) is 0 Å². The molecule has 0 spiro atoms. The van der Waals surface area contributed by atoms with Crippen LogP contribution in [0.1, 0.15) is 36.5 Å². The molecule has 4 nitrogen and oxygen atoms in total. The molecule has 0 aromatic heterocycles. The third-order valence-corrected chi connectivity index (χ3v) is 5.54. The number of hydrogen-bond acceptors (Lipinski definition) is 3. The van der Waals surface area contributed by atoms with Crippen LogP contribution in [-0.4, -0.2) is 32.1 Å². The minimum atomic E-state index is -0.745. The molecule has 2 N–H and O–H groups in total. The Balaban J connectivity index is 1.97. The van der Waals surface area contributed by atoms with E-state index in [1.807, 2.05) is 68.6 Å². The van der Waals surface area contributed by atoms with Gasteiger partial charge in [-0.15, -0.1) is 0 Å². The predicted molar refractivity (Wildman–Crippen MR) is 126 cm³/mol. The van der Waals surface area contributed by atoms with E-state index in [0.717, 1.165) is 16.7 Å². The van der Waals surface area contributed by atoms with Crippen LogP contribution in [0.4, 0.5) is 0 Å². The summed E-state index contributed by atoms with van der Waals surface area (Å²) in [6, 6.07) is 31.1. The third-order valence-electron chi connectivity index (χ3n) is 5.54. The molecule has 0 saturated heterocycles. The zero-order valence-electron chi connectivity index (χ0n) is 18.4. The van der Waals surface area contributed by atoms with E-state index in [4.69, 9.17) is 4.74 Å². The van der Waals surface area contributed by atoms with Gasteiger partial charge in [0.1, 0.15) is 5.60 Å². The second-order valence-corrected chi connectivity index (χ2v) is 7.57. The van der Waals surface area contributed by atoms with Crippen molar-refractivity contribution in [3.63, 3.8) is 0 Å². The van der Waals surface area contributed by atoms with Crippen molar-refractivity contribution >= 4 is 5.91 Å². The van der Waals surface area contributed by atoms with Crippen LogP contribution < -0.4 is 10.6 Å². The summed E-state index contributed by atoms with van der Waals surface area (Å²) < 4.78 is 6.84. The molecule has 0 aliphatic heterocycles. The first-order valence-corrected chi connectivity index (χ1v) is 10.9. The topological polar surface area (TPSA) is 50.4 Å². The van der Waals surface area contributed by atoms with Gasteiger partial charge in [0.15, 0.2) is 0 Å². The molecular weight excluding hydrogens is 384 g/mol. The van der Waals surface area contributed by atoms with Crippen molar-refractivity contribution in [3.8, 4) is 0 Å². The monoisotopic (exact) mass is 416 g/mol. The van der Waals surface area contributed by atoms with Gasteiger partial charge >= 0.3 is 0 Å². The van der Waals surface area contributed by atoms with E-state index in [0.29, 0.717) is 26.0 Å². The highest BCUT2D eigenvalue weighted by atomic mass is 16.5. The molecule has 0 fully saturated rings. The maximum atomic E-state index is 11.9. The van der Waals surface area contributed by atoms with Crippen molar-refractivity contribution in [2.24, 2.45) is 0 Å². The molecule has 3 aromatic rings. The average molecular weight is 417 g/mol. The molecule has 3 aromatic carbocycles. The number of carbonyl (C=O) groups is 1. The van der Waals surface area contributed by atoms with Crippen molar-refractivity contribution in [3.05, 3.63) is 108 Å². The van der Waals surface area contributed by atoms with Crippen molar-refractivity contribution in [2.75, 3.05) is 20.2 Å². The van der Waals surface area contributed by atoms with Crippen molar-refractivity contribution in [1.29, 1.82) is 0 Å². The van der Waals surface area contributed by atoms with E-state index < -0.39 is 5.60 Å². The molecule has 3 rings (SSSR count). The zero-order chi connectivity index (χ0) is 21.9. The fourth-order valence-electron chi connectivity index (χ4n) is 3.90. The van der Waals surface area contributed by atoms with Crippen LogP contribution in [0.15, 0.2) is 91.0 Å². The van der Waals surface area contributed by atoms with Gasteiger partial charge in [-0.3, -0.25) is 4.79 Å². The van der Waals surface area contributed by atoms with E-state index in [1.54, 1.807) is 0 Å². The largest absolute Gasteiger partial charge is 0.359 e. The Morgan fingerprint density at radius 2 is 1.29 bits per heavy atom. The summed E-state index contributed by atoms with van der Waals surface area (Å²) >= 11 is 0. The van der Waals surface area contributed by atoms with Crippen molar-refractivity contribution in [1.82, 2.24) is 10.6 Å². The maximum absolute atomic E-state index is 11.9. The minimum absolute atomic E-state index is 0.0538. The highest BCUT2D eigenvalue weighted by Gasteiger charge is 2.38. The summed E-state index contributed by atoms with van der Waals surface area (Å²) in [4.78, 5) is 11.9. The second-order valence-electron chi connectivity index (χ2n) is 7.57. The van der Waals surface area contributed by atoms with Crippen LogP contribution in [0.2, 0.25) is 0 Å². The molecule has 1 amide bonds. The highest BCUT2D eigenvalue weighted by Crippen LogP contribution is 2.40. The first kappa shape index (κ1) is 22.7. The van der Waals surface area contributed by atoms with Crippen LogP contribution in [0.3, 0.4) is 0 Å². The molecule has 0 heterocycles. The number of carbonyl (C=O) groups excluding carboxylic acids is 1. The van der Waals surface area contributed by atoms with Crippen LogP contribution in [0.25, 0.3) is 0 Å². The van der Waals surface area contributed by atoms with Crippen LogP contribution in [-0.2, 0) is 15.1 Å². The van der Waals surface area contributed by atoms with Gasteiger partial charge in [-0.1, -0.05) is 91.0 Å². The highest BCUT2D eigenvalue weighted by molar-refractivity contribution is 5.75. The summed E-state index contributed by atoms with van der Waals surface area (Å²) in [5, 5.41) is 6.19. The lowest BCUT2D eigenvalue weighted by atomic mass is 9.80. The predicted octanol–water partition coefficient (Wildman–Crippen LogP) is 4.50. The lowest BCUT2D eigenvalue weighted by molar-refractivity contribution is -0.121. The Morgan fingerprint density at radius 3 is 1.68 bits per heavy atom. The zero-order valence-corrected chi connectivity index (χ0v) is 18.4. The molecule has 31 heavy (non-hydrogen) atoms. The van der Waals surface area contributed by atoms with Gasteiger partial charge in [0, 0.05) is 19.0 Å². The first-order valence-electron chi connectivity index (χ1n) is 10.9. The normalized spacial score (nSPS) is 12.3. The Morgan fingerprint density at radius 1 is 0.839 bits per heavy atom. The quantitative estimate of drug-likeness (QED) is 0.453. The van der Waals surface area contributed by atoms with Crippen LogP contribution in [0.5, 0.6) is 0 Å². The molecule has 0 bridgehead atoms. The van der Waals surface area contributed by atoms with E-state index in [9.17, 15) is 4.79 Å². The fraction of sp³-hybridized carbons (Fsp3) is 0.296. The molecular formula is C27H32N2O2. The first-order chi connectivity index (χ1) is 15.2. The summed E-state index contributed by atoms with van der Waals surface area (Å²) in [7, 11) is 1.92. The van der Waals surface area contributed by atoms with E-state index in [2.05, 4.69) is 47.0 Å². The van der Waals surface area contributed by atoms with E-state index >= 15 is 0 Å².